The van der Waals surface area contributed by atoms with Gasteiger partial charge in [-0.2, -0.15) is 0 Å². The normalized spacial score (nSPS) is 15.3. The van der Waals surface area contributed by atoms with Crippen molar-refractivity contribution in [3.05, 3.63) is 34.9 Å². The Morgan fingerprint density at radius 3 is 3.00 bits per heavy atom. The van der Waals surface area contributed by atoms with Crippen molar-refractivity contribution in [3.63, 3.8) is 0 Å². The fourth-order valence-corrected chi connectivity index (χ4v) is 1.86. The molecule has 1 aliphatic rings. The second-order valence-electron chi connectivity index (χ2n) is 3.56. The summed E-state index contributed by atoms with van der Waals surface area (Å²) in [7, 11) is 2.00. The van der Waals surface area contributed by atoms with E-state index in [1.165, 1.54) is 0 Å². The van der Waals surface area contributed by atoms with Crippen molar-refractivity contribution in [2.75, 3.05) is 7.05 Å². The van der Waals surface area contributed by atoms with Crippen molar-refractivity contribution < 1.29 is 10.0 Å². The molecule has 0 aromatic heterocycles. The fraction of sp³-hybridized carbons (Fsp3) is 0.300. The molecule has 14 heavy (non-hydrogen) atoms. The monoisotopic (exact) mass is 192 g/mol. The number of nitrogens with zero attached hydrogens (tertiary/aromatic N) is 1. The highest BCUT2D eigenvalue weighted by atomic mass is 16.5. The van der Waals surface area contributed by atoms with E-state index >= 15 is 0 Å². The molecular weight excluding hydrogens is 180 g/mol. The number of fused-ring (bicyclic) bond motifs is 1. The predicted octanol–water partition coefficient (Wildman–Crippen LogP) is 0.751. The first-order valence-corrected chi connectivity index (χ1v) is 4.46. The van der Waals surface area contributed by atoms with E-state index in [4.69, 9.17) is 5.21 Å². The van der Waals surface area contributed by atoms with Gasteiger partial charge in [-0.25, -0.2) is 5.48 Å². The predicted molar refractivity (Wildman–Crippen MR) is 50.9 cm³/mol. The van der Waals surface area contributed by atoms with Gasteiger partial charge in [-0.05, 0) is 24.2 Å². The quantitative estimate of drug-likeness (QED) is 0.510. The highest BCUT2D eigenvalue weighted by Gasteiger charge is 2.21. The Bertz CT molecular complexity index is 376. The third-order valence-electron chi connectivity index (χ3n) is 2.49. The second kappa shape index (κ2) is 3.40. The molecule has 0 radical (unpaired) electrons. The standard InChI is InChI=1S/C10H12N2O2/c1-12-5-7-3-2-4-8(9(7)6-12)10(13)11-14/h2-4,14H,5-6H2,1H3,(H,11,13). The van der Waals surface area contributed by atoms with Crippen molar-refractivity contribution >= 4 is 5.91 Å². The minimum atomic E-state index is -0.433. The average molecular weight is 192 g/mol. The number of nitrogens with one attached hydrogen (secondary N) is 1. The molecule has 0 bridgehead atoms. The number of benzene rings is 1. The Kier molecular flexibility index (Phi) is 2.23. The summed E-state index contributed by atoms with van der Waals surface area (Å²) in [5, 5.41) is 8.57. The van der Waals surface area contributed by atoms with Gasteiger partial charge < -0.3 is 0 Å². The first-order valence-electron chi connectivity index (χ1n) is 4.46. The van der Waals surface area contributed by atoms with E-state index in [0.717, 1.165) is 24.2 Å². The third-order valence-corrected chi connectivity index (χ3v) is 2.49. The van der Waals surface area contributed by atoms with Crippen molar-refractivity contribution in [3.8, 4) is 0 Å². The van der Waals surface area contributed by atoms with Crippen molar-refractivity contribution in [2.24, 2.45) is 0 Å². The zero-order valence-electron chi connectivity index (χ0n) is 7.95. The molecule has 4 nitrogen and oxygen atoms in total. The molecule has 2 N–H and O–H groups in total. The molecule has 0 aliphatic carbocycles. The summed E-state index contributed by atoms with van der Waals surface area (Å²) in [6.45, 7) is 1.63. The van der Waals surface area contributed by atoms with E-state index in [0.29, 0.717) is 5.56 Å². The Morgan fingerprint density at radius 2 is 2.29 bits per heavy atom. The van der Waals surface area contributed by atoms with Gasteiger partial charge in [0, 0.05) is 18.7 Å². The largest absolute Gasteiger partial charge is 0.298 e. The molecule has 2 rings (SSSR count). The Labute approximate surface area is 82.1 Å². The van der Waals surface area contributed by atoms with Gasteiger partial charge in [-0.3, -0.25) is 14.9 Å². The van der Waals surface area contributed by atoms with Crippen LogP contribution in [0.15, 0.2) is 18.2 Å². The van der Waals surface area contributed by atoms with Gasteiger partial charge in [-0.1, -0.05) is 12.1 Å². The lowest BCUT2D eigenvalue weighted by Gasteiger charge is -2.05. The second-order valence-corrected chi connectivity index (χ2v) is 3.56. The van der Waals surface area contributed by atoms with Gasteiger partial charge in [0.1, 0.15) is 0 Å². The molecule has 1 aromatic rings. The van der Waals surface area contributed by atoms with Crippen LogP contribution in [0.25, 0.3) is 0 Å². The molecule has 0 fully saturated rings. The van der Waals surface area contributed by atoms with Crippen molar-refractivity contribution in [1.29, 1.82) is 0 Å². The number of carbonyl (C=O) groups excluding carboxylic acids is 1. The molecule has 0 saturated carbocycles. The first kappa shape index (κ1) is 9.18. The van der Waals surface area contributed by atoms with Gasteiger partial charge in [0.25, 0.3) is 5.91 Å². The summed E-state index contributed by atoms with van der Waals surface area (Å²) in [6, 6.07) is 5.57. The molecule has 0 spiro atoms. The average Bonchev–Trinajstić information content (AvgIpc) is 2.56. The summed E-state index contributed by atoms with van der Waals surface area (Å²) < 4.78 is 0. The minimum Gasteiger partial charge on any atom is -0.298 e. The van der Waals surface area contributed by atoms with E-state index in [2.05, 4.69) is 4.90 Å². The molecule has 74 valence electrons. The molecule has 1 aliphatic heterocycles. The highest BCUT2D eigenvalue weighted by Crippen LogP contribution is 2.24. The number of hydrogen-bond acceptors (Lipinski definition) is 3. The Morgan fingerprint density at radius 1 is 1.50 bits per heavy atom. The van der Waals surface area contributed by atoms with Crippen LogP contribution < -0.4 is 5.48 Å². The van der Waals surface area contributed by atoms with Gasteiger partial charge in [0.2, 0.25) is 0 Å². The first-order chi connectivity index (χ1) is 6.72. The van der Waals surface area contributed by atoms with Gasteiger partial charge in [0.05, 0.1) is 0 Å². The maximum atomic E-state index is 11.3. The van der Waals surface area contributed by atoms with Crippen LogP contribution in [0.4, 0.5) is 0 Å². The SMILES string of the molecule is CN1Cc2cccc(C(=O)NO)c2C1. The molecule has 0 atom stereocenters. The lowest BCUT2D eigenvalue weighted by atomic mass is 10.0. The zero-order chi connectivity index (χ0) is 10.1. The number of hydrogen-bond donors (Lipinski definition) is 2. The highest BCUT2D eigenvalue weighted by molar-refractivity contribution is 5.95. The van der Waals surface area contributed by atoms with Gasteiger partial charge >= 0.3 is 0 Å². The lowest BCUT2D eigenvalue weighted by Crippen LogP contribution is -2.20. The minimum absolute atomic E-state index is 0.433. The molecule has 0 saturated heterocycles. The van der Waals surface area contributed by atoms with E-state index in [9.17, 15) is 4.79 Å². The summed E-state index contributed by atoms with van der Waals surface area (Å²) >= 11 is 0. The van der Waals surface area contributed by atoms with Crippen LogP contribution in [0.3, 0.4) is 0 Å². The van der Waals surface area contributed by atoms with Crippen molar-refractivity contribution in [1.82, 2.24) is 10.4 Å². The molecule has 0 unspecified atom stereocenters. The number of amides is 1. The van der Waals surface area contributed by atoms with Crippen molar-refractivity contribution in [2.45, 2.75) is 13.1 Å². The van der Waals surface area contributed by atoms with Crippen LogP contribution in [-0.4, -0.2) is 23.1 Å². The maximum Gasteiger partial charge on any atom is 0.274 e. The lowest BCUT2D eigenvalue weighted by molar-refractivity contribution is 0.0705. The smallest absolute Gasteiger partial charge is 0.274 e. The van der Waals surface area contributed by atoms with E-state index in [-0.39, 0.29) is 0 Å². The Balaban J connectivity index is 2.44. The summed E-state index contributed by atoms with van der Waals surface area (Å²) in [6.07, 6.45) is 0. The van der Waals surface area contributed by atoms with Gasteiger partial charge in [-0.15, -0.1) is 0 Å². The molecular formula is C10H12N2O2. The number of hydroxylamine groups is 1. The maximum absolute atomic E-state index is 11.3. The van der Waals surface area contributed by atoms with Crippen LogP contribution in [0.1, 0.15) is 21.5 Å². The van der Waals surface area contributed by atoms with E-state index < -0.39 is 5.91 Å². The summed E-state index contributed by atoms with van der Waals surface area (Å²) in [5.74, 6) is -0.433. The zero-order valence-corrected chi connectivity index (χ0v) is 7.95. The third kappa shape index (κ3) is 1.38. The Hall–Kier alpha value is -1.39. The van der Waals surface area contributed by atoms with Crippen LogP contribution in [0.5, 0.6) is 0 Å². The van der Waals surface area contributed by atoms with Crippen LogP contribution in [0, 0.1) is 0 Å². The van der Waals surface area contributed by atoms with Crippen LogP contribution in [-0.2, 0) is 13.1 Å². The number of rotatable bonds is 1. The topological polar surface area (TPSA) is 52.6 Å². The molecule has 4 heteroatoms. The molecule has 1 heterocycles. The fourth-order valence-electron chi connectivity index (χ4n) is 1.86. The molecule has 1 amide bonds. The van der Waals surface area contributed by atoms with E-state index in [1.807, 2.05) is 19.2 Å². The van der Waals surface area contributed by atoms with E-state index in [1.54, 1.807) is 11.5 Å². The van der Waals surface area contributed by atoms with Crippen LogP contribution >= 0.6 is 0 Å². The summed E-state index contributed by atoms with van der Waals surface area (Å²) in [4.78, 5) is 13.4. The van der Waals surface area contributed by atoms with Gasteiger partial charge in [0.15, 0.2) is 0 Å². The number of carbonyl (C=O) groups is 1. The summed E-state index contributed by atoms with van der Waals surface area (Å²) in [5.41, 5.74) is 4.41. The molecule has 1 aromatic carbocycles. The van der Waals surface area contributed by atoms with Crippen LogP contribution in [0.2, 0.25) is 0 Å².